The Balaban J connectivity index is 1.96. The zero-order valence-corrected chi connectivity index (χ0v) is 11.3. The third-order valence-corrected chi connectivity index (χ3v) is 3.77. The maximum atomic E-state index is 13.0. The first-order valence-corrected chi connectivity index (χ1v) is 6.99. The lowest BCUT2D eigenvalue weighted by atomic mass is 10.0. The van der Waals surface area contributed by atoms with Crippen molar-refractivity contribution in [2.24, 2.45) is 0 Å². The molecule has 1 saturated heterocycles. The molecule has 0 aromatic heterocycles. The number of rotatable bonds is 6. The highest BCUT2D eigenvalue weighted by molar-refractivity contribution is 5.21. The van der Waals surface area contributed by atoms with Crippen LogP contribution in [0.5, 0.6) is 0 Å². The first-order chi connectivity index (χ1) is 9.20. The molecule has 1 heterocycles. The summed E-state index contributed by atoms with van der Waals surface area (Å²) >= 11 is 0. The van der Waals surface area contributed by atoms with Crippen molar-refractivity contribution in [1.29, 1.82) is 0 Å². The molecule has 0 bridgehead atoms. The third kappa shape index (κ3) is 3.88. The lowest BCUT2D eigenvalue weighted by Gasteiger charge is -2.27. The highest BCUT2D eigenvalue weighted by atomic mass is 19.1. The molecule has 0 radical (unpaired) electrons. The number of nitrogens with zero attached hydrogens (tertiary/aromatic N) is 1. The summed E-state index contributed by atoms with van der Waals surface area (Å²) in [7, 11) is 0. The van der Waals surface area contributed by atoms with Crippen molar-refractivity contribution >= 4 is 0 Å². The van der Waals surface area contributed by atoms with E-state index in [0.29, 0.717) is 12.6 Å². The number of halogens is 1. The Morgan fingerprint density at radius 2 is 2.16 bits per heavy atom. The van der Waals surface area contributed by atoms with Crippen molar-refractivity contribution in [3.05, 3.63) is 48.3 Å². The van der Waals surface area contributed by atoms with E-state index in [2.05, 4.69) is 11.5 Å². The summed E-state index contributed by atoms with van der Waals surface area (Å²) in [5.74, 6) is -0.195. The van der Waals surface area contributed by atoms with Crippen LogP contribution in [0.2, 0.25) is 0 Å². The normalized spacial score (nSPS) is 21.5. The summed E-state index contributed by atoms with van der Waals surface area (Å²) in [6.07, 6.45) is 5.35. The van der Waals surface area contributed by atoms with Crippen LogP contribution >= 0.6 is 0 Å². The van der Waals surface area contributed by atoms with Crippen LogP contribution in [0.25, 0.3) is 0 Å². The second kappa shape index (κ2) is 6.83. The molecule has 2 atom stereocenters. The standard InChI is InChI=1S/C16H22FNO/c1-2-3-5-15(19)12-18-11-4-6-16(18)13-7-9-14(17)10-8-13/h2,7-10,15-16,19H,1,3-6,11-12H2. The monoisotopic (exact) mass is 263 g/mol. The number of allylic oxidation sites excluding steroid dienone is 1. The molecule has 1 N–H and O–H groups in total. The molecular formula is C16H22FNO. The summed E-state index contributed by atoms with van der Waals surface area (Å²) in [5, 5.41) is 10.0. The summed E-state index contributed by atoms with van der Waals surface area (Å²) < 4.78 is 13.0. The Labute approximate surface area is 114 Å². The van der Waals surface area contributed by atoms with Gasteiger partial charge < -0.3 is 5.11 Å². The first kappa shape index (κ1) is 14.2. The van der Waals surface area contributed by atoms with Gasteiger partial charge in [-0.1, -0.05) is 18.2 Å². The minimum atomic E-state index is -0.306. The molecule has 2 rings (SSSR count). The Morgan fingerprint density at radius 3 is 2.84 bits per heavy atom. The highest BCUT2D eigenvalue weighted by Gasteiger charge is 2.27. The quantitative estimate of drug-likeness (QED) is 0.796. The van der Waals surface area contributed by atoms with E-state index in [9.17, 15) is 9.50 Å². The van der Waals surface area contributed by atoms with Crippen molar-refractivity contribution in [2.75, 3.05) is 13.1 Å². The van der Waals surface area contributed by atoms with Gasteiger partial charge in [-0.3, -0.25) is 4.90 Å². The lowest BCUT2D eigenvalue weighted by Crippen LogP contribution is -2.32. The number of likely N-dealkylation sites (tertiary alicyclic amines) is 1. The average Bonchev–Trinajstić information content (AvgIpc) is 2.85. The summed E-state index contributed by atoms with van der Waals surface area (Å²) in [6, 6.07) is 7.06. The topological polar surface area (TPSA) is 23.5 Å². The molecule has 2 nitrogen and oxygen atoms in total. The van der Waals surface area contributed by atoms with Crippen LogP contribution in [-0.2, 0) is 0 Å². The molecule has 0 amide bonds. The molecule has 104 valence electrons. The molecule has 3 heteroatoms. The number of hydrogen-bond acceptors (Lipinski definition) is 2. The molecular weight excluding hydrogens is 241 g/mol. The number of benzene rings is 1. The summed E-state index contributed by atoms with van der Waals surface area (Å²) in [4.78, 5) is 2.31. The van der Waals surface area contributed by atoms with Crippen LogP contribution in [0, 0.1) is 5.82 Å². The van der Waals surface area contributed by atoms with E-state index in [0.717, 1.165) is 37.8 Å². The lowest BCUT2D eigenvalue weighted by molar-refractivity contribution is 0.0996. The predicted molar refractivity (Wildman–Crippen MR) is 75.4 cm³/mol. The van der Waals surface area contributed by atoms with Gasteiger partial charge in [0.25, 0.3) is 0 Å². The Hall–Kier alpha value is -1.19. The van der Waals surface area contributed by atoms with Gasteiger partial charge in [0.15, 0.2) is 0 Å². The fourth-order valence-electron chi connectivity index (χ4n) is 2.78. The predicted octanol–water partition coefficient (Wildman–Crippen LogP) is 3.29. The van der Waals surface area contributed by atoms with Gasteiger partial charge in [-0.15, -0.1) is 6.58 Å². The van der Waals surface area contributed by atoms with Crippen LogP contribution in [-0.4, -0.2) is 29.2 Å². The number of hydrogen-bond donors (Lipinski definition) is 1. The second-order valence-corrected chi connectivity index (χ2v) is 5.22. The van der Waals surface area contributed by atoms with Gasteiger partial charge in [-0.25, -0.2) is 4.39 Å². The fourth-order valence-corrected chi connectivity index (χ4v) is 2.78. The van der Waals surface area contributed by atoms with Crippen LogP contribution in [0.1, 0.15) is 37.3 Å². The Morgan fingerprint density at radius 1 is 1.42 bits per heavy atom. The first-order valence-electron chi connectivity index (χ1n) is 6.99. The maximum Gasteiger partial charge on any atom is 0.123 e. The molecule has 1 aliphatic rings. The van der Waals surface area contributed by atoms with Crippen molar-refractivity contribution in [2.45, 2.75) is 37.8 Å². The largest absolute Gasteiger partial charge is 0.392 e. The van der Waals surface area contributed by atoms with E-state index >= 15 is 0 Å². The zero-order valence-electron chi connectivity index (χ0n) is 11.3. The zero-order chi connectivity index (χ0) is 13.7. The van der Waals surface area contributed by atoms with Gasteiger partial charge in [-0.2, -0.15) is 0 Å². The minimum Gasteiger partial charge on any atom is -0.392 e. The minimum absolute atomic E-state index is 0.195. The van der Waals surface area contributed by atoms with E-state index in [4.69, 9.17) is 0 Å². The molecule has 0 aliphatic carbocycles. The van der Waals surface area contributed by atoms with Crippen LogP contribution in [0.3, 0.4) is 0 Å². The molecule has 1 fully saturated rings. The van der Waals surface area contributed by atoms with Gasteiger partial charge in [0.05, 0.1) is 6.10 Å². The highest BCUT2D eigenvalue weighted by Crippen LogP contribution is 2.32. The fraction of sp³-hybridized carbons (Fsp3) is 0.500. The van der Waals surface area contributed by atoms with E-state index in [-0.39, 0.29) is 11.9 Å². The van der Waals surface area contributed by atoms with E-state index in [1.807, 2.05) is 18.2 Å². The van der Waals surface area contributed by atoms with Crippen molar-refractivity contribution in [1.82, 2.24) is 4.90 Å². The number of aliphatic hydroxyl groups excluding tert-OH is 1. The van der Waals surface area contributed by atoms with Crippen LogP contribution < -0.4 is 0 Å². The van der Waals surface area contributed by atoms with Gasteiger partial charge >= 0.3 is 0 Å². The van der Waals surface area contributed by atoms with Crippen LogP contribution in [0.15, 0.2) is 36.9 Å². The van der Waals surface area contributed by atoms with E-state index in [1.54, 1.807) is 0 Å². The number of aliphatic hydroxyl groups is 1. The van der Waals surface area contributed by atoms with Gasteiger partial charge in [-0.05, 0) is 49.9 Å². The van der Waals surface area contributed by atoms with Crippen molar-refractivity contribution in [3.63, 3.8) is 0 Å². The SMILES string of the molecule is C=CCCC(O)CN1CCCC1c1ccc(F)cc1. The smallest absolute Gasteiger partial charge is 0.123 e. The summed E-state index contributed by atoms with van der Waals surface area (Å²) in [5.41, 5.74) is 1.15. The van der Waals surface area contributed by atoms with Gasteiger partial charge in [0.1, 0.15) is 5.82 Å². The van der Waals surface area contributed by atoms with Gasteiger partial charge in [0.2, 0.25) is 0 Å². The molecule has 1 aromatic rings. The average molecular weight is 263 g/mol. The van der Waals surface area contributed by atoms with Crippen molar-refractivity contribution < 1.29 is 9.50 Å². The molecule has 19 heavy (non-hydrogen) atoms. The van der Waals surface area contributed by atoms with E-state index < -0.39 is 0 Å². The second-order valence-electron chi connectivity index (χ2n) is 5.22. The van der Waals surface area contributed by atoms with E-state index in [1.165, 1.54) is 12.1 Å². The molecule has 0 saturated carbocycles. The molecule has 1 aliphatic heterocycles. The molecule has 2 unspecified atom stereocenters. The third-order valence-electron chi connectivity index (χ3n) is 3.77. The molecule has 1 aromatic carbocycles. The number of β-amino-alcohol motifs (C(OH)–C–C–N with tert-alkyl or cyclic N) is 1. The van der Waals surface area contributed by atoms with Gasteiger partial charge in [0, 0.05) is 12.6 Å². The maximum absolute atomic E-state index is 13.0. The van der Waals surface area contributed by atoms with Crippen LogP contribution in [0.4, 0.5) is 4.39 Å². The molecule has 0 spiro atoms. The Bertz CT molecular complexity index is 404. The summed E-state index contributed by atoms with van der Waals surface area (Å²) in [6.45, 7) is 5.37. The Kier molecular flexibility index (Phi) is 5.11. The van der Waals surface area contributed by atoms with Crippen molar-refractivity contribution in [3.8, 4) is 0 Å².